The van der Waals surface area contributed by atoms with Crippen molar-refractivity contribution in [1.29, 1.82) is 0 Å². The Morgan fingerprint density at radius 3 is 2.36 bits per heavy atom. The predicted octanol–water partition coefficient (Wildman–Crippen LogP) is 3.69. The van der Waals surface area contributed by atoms with Gasteiger partial charge in [0.25, 0.3) is 5.91 Å². The number of ketones is 1. The molecule has 0 saturated carbocycles. The van der Waals surface area contributed by atoms with E-state index in [9.17, 15) is 14.7 Å². The Balaban J connectivity index is 2.40. The van der Waals surface area contributed by atoms with Crippen LogP contribution in [0, 0.1) is 5.92 Å². The number of aliphatic hydroxyl groups is 1. The van der Waals surface area contributed by atoms with E-state index in [-0.39, 0.29) is 29.9 Å². The molecule has 0 spiro atoms. The smallest absolute Gasteiger partial charge is 0.290 e. The number of carbonyl (C=O) groups excluding carboxylic acids is 2. The van der Waals surface area contributed by atoms with E-state index >= 15 is 0 Å². The summed E-state index contributed by atoms with van der Waals surface area (Å²) >= 11 is 5.95. The molecule has 1 heterocycles. The van der Waals surface area contributed by atoms with E-state index in [1.54, 1.807) is 38.1 Å². The number of hydrogen-bond donors (Lipinski definition) is 1. The first-order valence-electron chi connectivity index (χ1n) is 8.39. The van der Waals surface area contributed by atoms with E-state index in [1.807, 2.05) is 13.8 Å². The Bertz CT molecular complexity index is 679. The third-order valence-corrected chi connectivity index (χ3v) is 4.31. The van der Waals surface area contributed by atoms with Gasteiger partial charge in [0, 0.05) is 17.5 Å². The number of ether oxygens (including phenoxy) is 1. The minimum absolute atomic E-state index is 0.0324. The summed E-state index contributed by atoms with van der Waals surface area (Å²) in [4.78, 5) is 26.7. The quantitative estimate of drug-likeness (QED) is 0.800. The molecule has 0 aliphatic carbocycles. The lowest BCUT2D eigenvalue weighted by molar-refractivity contribution is -0.130. The van der Waals surface area contributed by atoms with Crippen molar-refractivity contribution in [3.05, 3.63) is 46.2 Å². The Morgan fingerprint density at radius 2 is 1.84 bits per heavy atom. The zero-order valence-electron chi connectivity index (χ0n) is 15.0. The molecule has 25 heavy (non-hydrogen) atoms. The Kier molecular flexibility index (Phi) is 6.25. The Hall–Kier alpha value is -1.85. The van der Waals surface area contributed by atoms with Gasteiger partial charge in [0.05, 0.1) is 24.3 Å². The monoisotopic (exact) mass is 365 g/mol. The van der Waals surface area contributed by atoms with Gasteiger partial charge in [-0.2, -0.15) is 0 Å². The average Bonchev–Trinajstić information content (AvgIpc) is 2.79. The molecule has 136 valence electrons. The molecule has 1 amide bonds. The fraction of sp³-hybridized carbons (Fsp3) is 0.474. The summed E-state index contributed by atoms with van der Waals surface area (Å²) in [5.41, 5.74) is 0.877. The van der Waals surface area contributed by atoms with Crippen LogP contribution in [-0.2, 0) is 14.3 Å². The molecule has 1 unspecified atom stereocenters. The van der Waals surface area contributed by atoms with E-state index < -0.39 is 17.7 Å². The predicted molar refractivity (Wildman–Crippen MR) is 96.5 cm³/mol. The zero-order chi connectivity index (χ0) is 18.7. The van der Waals surface area contributed by atoms with Gasteiger partial charge in [0.1, 0.15) is 0 Å². The highest BCUT2D eigenvalue weighted by atomic mass is 35.5. The maximum Gasteiger partial charge on any atom is 0.290 e. The van der Waals surface area contributed by atoms with Crippen molar-refractivity contribution in [2.75, 3.05) is 13.2 Å². The molecule has 0 radical (unpaired) electrons. The minimum atomic E-state index is -0.629. The lowest BCUT2D eigenvalue weighted by Gasteiger charge is -2.27. The van der Waals surface area contributed by atoms with Crippen LogP contribution in [0.2, 0.25) is 5.02 Å². The van der Waals surface area contributed by atoms with Gasteiger partial charge in [-0.15, -0.1) is 0 Å². The van der Waals surface area contributed by atoms with Gasteiger partial charge >= 0.3 is 0 Å². The van der Waals surface area contributed by atoms with Gasteiger partial charge in [-0.25, -0.2) is 0 Å². The minimum Gasteiger partial charge on any atom is -0.503 e. The zero-order valence-corrected chi connectivity index (χ0v) is 15.7. The highest BCUT2D eigenvalue weighted by molar-refractivity contribution is 6.30. The van der Waals surface area contributed by atoms with Crippen LogP contribution in [0.3, 0.4) is 0 Å². The molecular formula is C19H24ClNO4. The number of aliphatic hydroxyl groups excluding tert-OH is 1. The van der Waals surface area contributed by atoms with Crippen molar-refractivity contribution in [3.8, 4) is 0 Å². The molecule has 2 rings (SSSR count). The van der Waals surface area contributed by atoms with E-state index in [2.05, 4.69) is 0 Å². The molecule has 0 saturated heterocycles. The second kappa shape index (κ2) is 8.02. The molecule has 1 aliphatic rings. The third kappa shape index (κ3) is 4.22. The number of halogens is 1. The highest BCUT2D eigenvalue weighted by Crippen LogP contribution is 2.38. The van der Waals surface area contributed by atoms with E-state index in [1.165, 1.54) is 4.90 Å². The van der Waals surface area contributed by atoms with Crippen LogP contribution < -0.4 is 0 Å². The van der Waals surface area contributed by atoms with Gasteiger partial charge in [0.2, 0.25) is 0 Å². The molecule has 0 fully saturated rings. The lowest BCUT2D eigenvalue weighted by atomic mass is 9.91. The van der Waals surface area contributed by atoms with Gasteiger partial charge in [-0.05, 0) is 31.5 Å². The average molecular weight is 366 g/mol. The van der Waals surface area contributed by atoms with Crippen LogP contribution in [-0.4, -0.2) is 41.0 Å². The number of amides is 1. The fourth-order valence-corrected chi connectivity index (χ4v) is 2.95. The molecule has 1 aromatic rings. The first-order valence-corrected chi connectivity index (χ1v) is 8.77. The normalized spacial score (nSPS) is 18.0. The van der Waals surface area contributed by atoms with Gasteiger partial charge in [-0.3, -0.25) is 9.59 Å². The molecule has 6 heteroatoms. The maximum atomic E-state index is 12.6. The second-order valence-corrected chi connectivity index (χ2v) is 7.09. The van der Waals surface area contributed by atoms with Crippen LogP contribution in [0.25, 0.3) is 0 Å². The van der Waals surface area contributed by atoms with Crippen molar-refractivity contribution in [2.45, 2.75) is 39.8 Å². The summed E-state index contributed by atoms with van der Waals surface area (Å²) in [6.07, 6.45) is 0.0324. The summed E-state index contributed by atoms with van der Waals surface area (Å²) in [6, 6.07) is 6.31. The lowest BCUT2D eigenvalue weighted by Crippen LogP contribution is -2.34. The molecule has 1 N–H and O–H groups in total. The Morgan fingerprint density at radius 1 is 1.24 bits per heavy atom. The standard InChI is InChI=1S/C19H24ClNO4/c1-11(2)17(22)15-16(13-5-7-14(20)8-6-13)21(19(24)18(15)23)9-10-25-12(3)4/h5-8,11-12,16,23H,9-10H2,1-4H3. The molecule has 0 bridgehead atoms. The number of hydrogen-bond acceptors (Lipinski definition) is 4. The topological polar surface area (TPSA) is 66.8 Å². The number of carbonyl (C=O) groups is 2. The van der Waals surface area contributed by atoms with Crippen molar-refractivity contribution in [2.24, 2.45) is 5.92 Å². The Labute approximate surface area is 153 Å². The fourth-order valence-electron chi connectivity index (χ4n) is 2.83. The van der Waals surface area contributed by atoms with E-state index in [4.69, 9.17) is 16.3 Å². The number of rotatable bonds is 7. The summed E-state index contributed by atoms with van der Waals surface area (Å²) in [5.74, 6) is -1.58. The molecule has 0 aromatic heterocycles. The SMILES string of the molecule is CC(C)OCCN1C(=O)C(O)=C(C(=O)C(C)C)C1c1ccc(Cl)cc1. The van der Waals surface area contributed by atoms with Crippen molar-refractivity contribution < 1.29 is 19.4 Å². The second-order valence-electron chi connectivity index (χ2n) is 6.65. The van der Waals surface area contributed by atoms with Crippen molar-refractivity contribution >= 4 is 23.3 Å². The first-order chi connectivity index (χ1) is 11.7. The van der Waals surface area contributed by atoms with Crippen LogP contribution in [0.4, 0.5) is 0 Å². The van der Waals surface area contributed by atoms with Crippen LogP contribution in [0.5, 0.6) is 0 Å². The van der Waals surface area contributed by atoms with Crippen LogP contribution >= 0.6 is 11.6 Å². The van der Waals surface area contributed by atoms with Crippen LogP contribution in [0.1, 0.15) is 39.3 Å². The molecule has 1 aliphatic heterocycles. The van der Waals surface area contributed by atoms with E-state index in [0.717, 1.165) is 5.56 Å². The third-order valence-electron chi connectivity index (χ3n) is 4.06. The number of benzene rings is 1. The summed E-state index contributed by atoms with van der Waals surface area (Å²) in [5, 5.41) is 10.9. The molecular weight excluding hydrogens is 342 g/mol. The first kappa shape index (κ1) is 19.5. The largest absolute Gasteiger partial charge is 0.503 e. The van der Waals surface area contributed by atoms with Gasteiger partial charge in [0.15, 0.2) is 11.5 Å². The molecule has 5 nitrogen and oxygen atoms in total. The van der Waals surface area contributed by atoms with Crippen molar-refractivity contribution in [3.63, 3.8) is 0 Å². The number of Topliss-reactive ketones (excluding diaryl/α,β-unsaturated/α-hetero) is 1. The summed E-state index contributed by atoms with van der Waals surface area (Å²) < 4.78 is 5.53. The van der Waals surface area contributed by atoms with Gasteiger partial charge in [-0.1, -0.05) is 37.6 Å². The molecule has 1 aromatic carbocycles. The van der Waals surface area contributed by atoms with Gasteiger partial charge < -0.3 is 14.7 Å². The number of nitrogens with zero attached hydrogens (tertiary/aromatic N) is 1. The van der Waals surface area contributed by atoms with Crippen molar-refractivity contribution in [1.82, 2.24) is 4.90 Å². The highest BCUT2D eigenvalue weighted by Gasteiger charge is 2.43. The maximum absolute atomic E-state index is 12.6. The summed E-state index contributed by atoms with van der Waals surface area (Å²) in [7, 11) is 0. The van der Waals surface area contributed by atoms with Crippen LogP contribution in [0.15, 0.2) is 35.6 Å². The summed E-state index contributed by atoms with van der Waals surface area (Å²) in [6.45, 7) is 7.91. The van der Waals surface area contributed by atoms with E-state index in [0.29, 0.717) is 11.6 Å². The molecule has 1 atom stereocenters.